The number of carbonyl (C=O) groups excluding carboxylic acids is 1. The van der Waals surface area contributed by atoms with E-state index in [2.05, 4.69) is 10.1 Å². The fraction of sp³-hybridized carbons (Fsp3) is 0.235. The third kappa shape index (κ3) is 2.95. The van der Waals surface area contributed by atoms with Crippen LogP contribution in [0.5, 0.6) is 0 Å². The molecule has 3 rings (SSSR count). The number of fused-ring (bicyclic) bond motifs is 1. The molecule has 3 aromatic rings. The predicted octanol–water partition coefficient (Wildman–Crippen LogP) is 3.36. The van der Waals surface area contributed by atoms with E-state index in [1.165, 1.54) is 40.0 Å². The maximum absolute atomic E-state index is 13.3. The van der Waals surface area contributed by atoms with E-state index in [9.17, 15) is 18.0 Å². The quantitative estimate of drug-likeness (QED) is 0.714. The first-order valence-electron chi connectivity index (χ1n) is 7.41. The second kappa shape index (κ2) is 5.87. The molecule has 5 nitrogen and oxygen atoms in total. The summed E-state index contributed by atoms with van der Waals surface area (Å²) in [7, 11) is 4.78. The zero-order valence-corrected chi connectivity index (χ0v) is 13.8. The first-order chi connectivity index (χ1) is 11.7. The van der Waals surface area contributed by atoms with Gasteiger partial charge in [0.15, 0.2) is 5.65 Å². The van der Waals surface area contributed by atoms with Crippen LogP contribution in [0.15, 0.2) is 36.5 Å². The number of amides is 1. The van der Waals surface area contributed by atoms with Gasteiger partial charge in [-0.15, -0.1) is 0 Å². The third-order valence-corrected chi connectivity index (χ3v) is 3.85. The highest BCUT2D eigenvalue weighted by molar-refractivity contribution is 6.06. The number of carbonyl (C=O) groups is 1. The van der Waals surface area contributed by atoms with Crippen LogP contribution in [0.25, 0.3) is 22.3 Å². The van der Waals surface area contributed by atoms with Crippen LogP contribution in [-0.2, 0) is 13.2 Å². The molecule has 0 aliphatic carbocycles. The van der Waals surface area contributed by atoms with Crippen LogP contribution in [-0.4, -0.2) is 39.7 Å². The molecule has 0 saturated heterocycles. The van der Waals surface area contributed by atoms with Crippen LogP contribution >= 0.6 is 0 Å². The minimum atomic E-state index is -4.52. The molecule has 8 heteroatoms. The van der Waals surface area contributed by atoms with Gasteiger partial charge < -0.3 is 4.90 Å². The summed E-state index contributed by atoms with van der Waals surface area (Å²) in [6.07, 6.45) is -3.04. The maximum atomic E-state index is 13.3. The fourth-order valence-electron chi connectivity index (χ4n) is 2.62. The number of hydrogen-bond acceptors (Lipinski definition) is 3. The Morgan fingerprint density at radius 2 is 1.88 bits per heavy atom. The lowest BCUT2D eigenvalue weighted by atomic mass is 10.0. The van der Waals surface area contributed by atoms with Crippen molar-refractivity contribution in [2.75, 3.05) is 14.1 Å². The molecule has 2 heterocycles. The molecule has 130 valence electrons. The van der Waals surface area contributed by atoms with Crippen molar-refractivity contribution in [1.29, 1.82) is 0 Å². The van der Waals surface area contributed by atoms with E-state index in [4.69, 9.17) is 0 Å². The van der Waals surface area contributed by atoms with Gasteiger partial charge in [0.05, 0.1) is 28.4 Å². The first kappa shape index (κ1) is 16.9. The highest BCUT2D eigenvalue weighted by Gasteiger charge is 2.34. The smallest absolute Gasteiger partial charge is 0.345 e. The van der Waals surface area contributed by atoms with Crippen molar-refractivity contribution in [2.24, 2.45) is 7.05 Å². The average Bonchev–Trinajstić information content (AvgIpc) is 2.94. The SMILES string of the molecule is CN(C)C(=O)c1cc(-c2ccccc2C(F)(F)F)nc2c1cnn2C. The Hall–Kier alpha value is -2.90. The molecule has 25 heavy (non-hydrogen) atoms. The summed E-state index contributed by atoms with van der Waals surface area (Å²) in [5.74, 6) is -0.328. The highest BCUT2D eigenvalue weighted by Crippen LogP contribution is 2.37. The van der Waals surface area contributed by atoms with Crippen molar-refractivity contribution in [2.45, 2.75) is 6.18 Å². The van der Waals surface area contributed by atoms with E-state index in [0.29, 0.717) is 11.0 Å². The number of hydrogen-bond donors (Lipinski definition) is 0. The van der Waals surface area contributed by atoms with E-state index in [0.717, 1.165) is 6.07 Å². The Kier molecular flexibility index (Phi) is 3.98. The standard InChI is InChI=1S/C17H15F3N4O/c1-23(2)16(25)11-8-14(22-15-12(11)9-21-24(15)3)10-6-4-5-7-13(10)17(18,19)20/h4-9H,1-3H3. The number of alkyl halides is 3. The highest BCUT2D eigenvalue weighted by atomic mass is 19.4. The Morgan fingerprint density at radius 3 is 2.52 bits per heavy atom. The van der Waals surface area contributed by atoms with E-state index in [1.54, 1.807) is 21.1 Å². The zero-order chi connectivity index (χ0) is 18.4. The molecule has 1 amide bonds. The van der Waals surface area contributed by atoms with E-state index in [1.807, 2.05) is 0 Å². The zero-order valence-electron chi connectivity index (χ0n) is 13.8. The molecule has 2 aromatic heterocycles. The van der Waals surface area contributed by atoms with Crippen molar-refractivity contribution in [3.8, 4) is 11.3 Å². The minimum absolute atomic E-state index is 0.0779. The number of benzene rings is 1. The molecule has 1 aromatic carbocycles. The number of pyridine rings is 1. The van der Waals surface area contributed by atoms with Gasteiger partial charge in [-0.3, -0.25) is 9.48 Å². The predicted molar refractivity (Wildman–Crippen MR) is 87.0 cm³/mol. The second-order valence-electron chi connectivity index (χ2n) is 5.80. The number of nitrogens with zero attached hydrogens (tertiary/aromatic N) is 4. The van der Waals surface area contributed by atoms with Crippen LogP contribution in [0.3, 0.4) is 0 Å². The molecule has 0 fully saturated rings. The Labute approximate surface area is 141 Å². The lowest BCUT2D eigenvalue weighted by Gasteiger charge is -2.15. The van der Waals surface area contributed by atoms with E-state index >= 15 is 0 Å². The van der Waals surface area contributed by atoms with Gasteiger partial charge in [0.25, 0.3) is 5.91 Å². The Balaban J connectivity index is 2.32. The lowest BCUT2D eigenvalue weighted by molar-refractivity contribution is -0.137. The van der Waals surface area contributed by atoms with Crippen molar-refractivity contribution in [3.63, 3.8) is 0 Å². The lowest BCUT2D eigenvalue weighted by Crippen LogP contribution is -2.22. The molecule has 0 bridgehead atoms. The van der Waals surface area contributed by atoms with Crippen molar-refractivity contribution >= 4 is 16.9 Å². The molecular weight excluding hydrogens is 333 g/mol. The van der Waals surface area contributed by atoms with Gasteiger partial charge in [-0.25, -0.2) is 4.98 Å². The van der Waals surface area contributed by atoms with Crippen molar-refractivity contribution in [3.05, 3.63) is 47.7 Å². The summed E-state index contributed by atoms with van der Waals surface area (Å²) in [6.45, 7) is 0. The van der Waals surface area contributed by atoms with Gasteiger partial charge >= 0.3 is 6.18 Å². The largest absolute Gasteiger partial charge is 0.417 e. The Morgan fingerprint density at radius 1 is 1.20 bits per heavy atom. The summed E-state index contributed by atoms with van der Waals surface area (Å²) in [4.78, 5) is 18.1. The van der Waals surface area contributed by atoms with Crippen LogP contribution in [0, 0.1) is 0 Å². The molecule has 0 saturated carbocycles. The first-order valence-corrected chi connectivity index (χ1v) is 7.41. The topological polar surface area (TPSA) is 51.0 Å². The molecule has 0 atom stereocenters. The number of aromatic nitrogens is 3. The maximum Gasteiger partial charge on any atom is 0.417 e. The van der Waals surface area contributed by atoms with Gasteiger partial charge in [-0.1, -0.05) is 18.2 Å². The molecule has 0 unspecified atom stereocenters. The summed E-state index contributed by atoms with van der Waals surface area (Å²) in [5, 5.41) is 4.56. The number of aryl methyl sites for hydroxylation is 1. The van der Waals surface area contributed by atoms with Gasteiger partial charge in [0, 0.05) is 26.7 Å². The van der Waals surface area contributed by atoms with E-state index < -0.39 is 11.7 Å². The van der Waals surface area contributed by atoms with Crippen LogP contribution in [0.1, 0.15) is 15.9 Å². The van der Waals surface area contributed by atoms with Gasteiger partial charge in [-0.2, -0.15) is 18.3 Å². The van der Waals surface area contributed by atoms with E-state index in [-0.39, 0.29) is 22.7 Å². The van der Waals surface area contributed by atoms with Gasteiger partial charge in [-0.05, 0) is 12.1 Å². The van der Waals surface area contributed by atoms with Crippen molar-refractivity contribution in [1.82, 2.24) is 19.7 Å². The molecule has 0 N–H and O–H groups in total. The fourth-order valence-corrected chi connectivity index (χ4v) is 2.62. The average molecular weight is 348 g/mol. The summed E-state index contributed by atoms with van der Waals surface area (Å²) in [5.41, 5.74) is -0.192. The monoisotopic (exact) mass is 348 g/mol. The second-order valence-corrected chi connectivity index (χ2v) is 5.80. The molecule has 0 radical (unpaired) electrons. The van der Waals surface area contributed by atoms with Crippen LogP contribution in [0.2, 0.25) is 0 Å². The molecule has 0 aliphatic rings. The van der Waals surface area contributed by atoms with Crippen LogP contribution < -0.4 is 0 Å². The van der Waals surface area contributed by atoms with Gasteiger partial charge in [0.2, 0.25) is 0 Å². The normalized spacial score (nSPS) is 11.8. The molecule has 0 aliphatic heterocycles. The van der Waals surface area contributed by atoms with Crippen LogP contribution in [0.4, 0.5) is 13.2 Å². The Bertz CT molecular complexity index is 960. The minimum Gasteiger partial charge on any atom is -0.345 e. The summed E-state index contributed by atoms with van der Waals surface area (Å²) in [6, 6.07) is 6.56. The molecule has 0 spiro atoms. The molecular formula is C17H15F3N4O. The summed E-state index contributed by atoms with van der Waals surface area (Å²) < 4.78 is 41.4. The summed E-state index contributed by atoms with van der Waals surface area (Å²) >= 11 is 0. The number of halogens is 3. The number of rotatable bonds is 2. The van der Waals surface area contributed by atoms with Crippen molar-refractivity contribution < 1.29 is 18.0 Å². The van der Waals surface area contributed by atoms with Gasteiger partial charge in [0.1, 0.15) is 0 Å². The third-order valence-electron chi connectivity index (χ3n) is 3.85.